The molecule has 0 saturated heterocycles. The highest BCUT2D eigenvalue weighted by atomic mass is 35.5. The van der Waals surface area contributed by atoms with Crippen LogP contribution in [0, 0.1) is 0 Å². The van der Waals surface area contributed by atoms with E-state index in [2.05, 4.69) is 15.8 Å². The van der Waals surface area contributed by atoms with Crippen LogP contribution in [-0.4, -0.2) is 28.0 Å². The number of imidazole rings is 1. The Bertz CT molecular complexity index is 1080. The number of hydrazine groups is 1. The Kier molecular flexibility index (Phi) is 4.39. The molecule has 4 rings (SSSR count). The van der Waals surface area contributed by atoms with Crippen molar-refractivity contribution in [3.63, 3.8) is 0 Å². The number of benzene rings is 1. The van der Waals surface area contributed by atoms with Crippen LogP contribution in [-0.2, 0) is 4.79 Å². The molecule has 1 aromatic carbocycles. The summed E-state index contributed by atoms with van der Waals surface area (Å²) < 4.78 is 12.2. The standard InChI is InChI=1S/C18H13ClN4O4/c19-17-12(23-8-2-1-3-15(23)20-17)5-7-16(24)21-22-18(25)11-4-6-13-14(9-11)27-10-26-13/h1-9H,10H2,(H,21,24)(H,22,25)/b7-5+. The van der Waals surface area contributed by atoms with Gasteiger partial charge in [0.1, 0.15) is 5.65 Å². The van der Waals surface area contributed by atoms with Crippen LogP contribution in [0.4, 0.5) is 0 Å². The monoisotopic (exact) mass is 384 g/mol. The molecule has 2 N–H and O–H groups in total. The molecule has 0 atom stereocenters. The van der Waals surface area contributed by atoms with Gasteiger partial charge in [0.25, 0.3) is 11.8 Å². The Hall–Kier alpha value is -3.52. The first kappa shape index (κ1) is 16.9. The second-order valence-corrected chi connectivity index (χ2v) is 5.92. The van der Waals surface area contributed by atoms with Gasteiger partial charge in [-0.05, 0) is 36.4 Å². The van der Waals surface area contributed by atoms with Gasteiger partial charge in [0.2, 0.25) is 6.79 Å². The van der Waals surface area contributed by atoms with Crippen LogP contribution in [0.1, 0.15) is 16.1 Å². The molecule has 136 valence electrons. The molecule has 0 spiro atoms. The molecule has 0 bridgehead atoms. The van der Waals surface area contributed by atoms with Gasteiger partial charge in [-0.1, -0.05) is 17.7 Å². The van der Waals surface area contributed by atoms with E-state index in [1.54, 1.807) is 28.8 Å². The second kappa shape index (κ2) is 7.00. The van der Waals surface area contributed by atoms with Gasteiger partial charge in [0.05, 0.1) is 5.69 Å². The van der Waals surface area contributed by atoms with Gasteiger partial charge in [-0.15, -0.1) is 0 Å². The van der Waals surface area contributed by atoms with Gasteiger partial charge in [-0.2, -0.15) is 0 Å². The van der Waals surface area contributed by atoms with Crippen LogP contribution in [0.5, 0.6) is 11.5 Å². The quantitative estimate of drug-likeness (QED) is 0.533. The largest absolute Gasteiger partial charge is 0.454 e. The maximum atomic E-state index is 12.1. The number of carbonyl (C=O) groups is 2. The van der Waals surface area contributed by atoms with Crippen LogP contribution >= 0.6 is 11.6 Å². The van der Waals surface area contributed by atoms with Crippen LogP contribution in [0.25, 0.3) is 11.7 Å². The molecule has 3 heterocycles. The van der Waals surface area contributed by atoms with Gasteiger partial charge in [0.15, 0.2) is 16.7 Å². The third-order valence-electron chi connectivity index (χ3n) is 3.85. The highest BCUT2D eigenvalue weighted by molar-refractivity contribution is 6.31. The third kappa shape index (κ3) is 3.42. The fourth-order valence-corrected chi connectivity index (χ4v) is 2.80. The first-order valence-corrected chi connectivity index (χ1v) is 8.30. The van der Waals surface area contributed by atoms with Gasteiger partial charge in [-0.3, -0.25) is 24.8 Å². The molecule has 27 heavy (non-hydrogen) atoms. The third-order valence-corrected chi connectivity index (χ3v) is 4.13. The number of fused-ring (bicyclic) bond motifs is 2. The molecule has 0 radical (unpaired) electrons. The molecule has 1 aliphatic rings. The summed E-state index contributed by atoms with van der Waals surface area (Å²) in [5, 5.41) is 0.273. The Balaban J connectivity index is 1.40. The Morgan fingerprint density at radius 1 is 1.15 bits per heavy atom. The minimum atomic E-state index is -0.522. The summed E-state index contributed by atoms with van der Waals surface area (Å²) in [6.45, 7) is 0.119. The molecule has 2 amide bonds. The zero-order valence-corrected chi connectivity index (χ0v) is 14.6. The fourth-order valence-electron chi connectivity index (χ4n) is 2.56. The van der Waals surface area contributed by atoms with Crippen molar-refractivity contribution in [2.75, 3.05) is 6.79 Å². The van der Waals surface area contributed by atoms with E-state index in [1.807, 2.05) is 12.1 Å². The number of hydrogen-bond donors (Lipinski definition) is 2. The SMILES string of the molecule is O=C(/C=C/c1c(Cl)nc2ccccn12)NNC(=O)c1ccc2c(c1)OCO2. The molecular formula is C18H13ClN4O4. The van der Waals surface area contributed by atoms with Crippen LogP contribution in [0.2, 0.25) is 5.15 Å². The lowest BCUT2D eigenvalue weighted by atomic mass is 10.2. The summed E-state index contributed by atoms with van der Waals surface area (Å²) in [7, 11) is 0. The molecule has 8 nitrogen and oxygen atoms in total. The number of pyridine rings is 1. The average Bonchev–Trinajstić information content (AvgIpc) is 3.27. The molecule has 0 fully saturated rings. The Labute approximate surface area is 158 Å². The number of ether oxygens (including phenoxy) is 2. The van der Waals surface area contributed by atoms with Gasteiger partial charge in [0, 0.05) is 17.8 Å². The molecule has 3 aromatic rings. The van der Waals surface area contributed by atoms with Gasteiger partial charge >= 0.3 is 0 Å². The normalized spacial score (nSPS) is 12.5. The Morgan fingerprint density at radius 2 is 2.00 bits per heavy atom. The first-order chi connectivity index (χ1) is 13.1. The average molecular weight is 385 g/mol. The summed E-state index contributed by atoms with van der Waals surface area (Å²) in [6.07, 6.45) is 4.56. The van der Waals surface area contributed by atoms with Crippen LogP contribution < -0.4 is 20.3 Å². The molecule has 0 aliphatic carbocycles. The van der Waals surface area contributed by atoms with E-state index in [0.29, 0.717) is 28.4 Å². The molecule has 1 aliphatic heterocycles. The summed E-state index contributed by atoms with van der Waals surface area (Å²) in [5.41, 5.74) is 6.19. The minimum absolute atomic E-state index is 0.119. The lowest BCUT2D eigenvalue weighted by molar-refractivity contribution is -0.117. The summed E-state index contributed by atoms with van der Waals surface area (Å²) in [5.74, 6) is 0.0495. The molecule has 0 unspecified atom stereocenters. The van der Waals surface area contributed by atoms with Crippen molar-refractivity contribution in [2.45, 2.75) is 0 Å². The number of amides is 2. The lowest BCUT2D eigenvalue weighted by Gasteiger charge is -2.06. The number of nitrogens with zero attached hydrogens (tertiary/aromatic N) is 2. The van der Waals surface area contributed by atoms with E-state index < -0.39 is 11.8 Å². The Morgan fingerprint density at radius 3 is 2.89 bits per heavy atom. The number of hydrogen-bond acceptors (Lipinski definition) is 5. The maximum Gasteiger partial charge on any atom is 0.269 e. The van der Waals surface area contributed by atoms with Crippen LogP contribution in [0.15, 0.2) is 48.7 Å². The predicted octanol–water partition coefficient (Wildman–Crippen LogP) is 2.19. The highest BCUT2D eigenvalue weighted by Gasteiger charge is 2.16. The summed E-state index contributed by atoms with van der Waals surface area (Å²) in [6, 6.07) is 10.2. The second-order valence-electron chi connectivity index (χ2n) is 5.56. The lowest BCUT2D eigenvalue weighted by Crippen LogP contribution is -2.40. The van der Waals surface area contributed by atoms with Crippen LogP contribution in [0.3, 0.4) is 0 Å². The maximum absolute atomic E-state index is 12.1. The zero-order valence-electron chi connectivity index (χ0n) is 13.8. The van der Waals surface area contributed by atoms with Gasteiger partial charge < -0.3 is 9.47 Å². The fraction of sp³-hybridized carbons (Fsp3) is 0.0556. The summed E-state index contributed by atoms with van der Waals surface area (Å²) in [4.78, 5) is 28.3. The molecule has 9 heteroatoms. The zero-order chi connectivity index (χ0) is 18.8. The number of aromatic nitrogens is 2. The molecular weight excluding hydrogens is 372 g/mol. The van der Waals surface area contributed by atoms with E-state index in [4.69, 9.17) is 21.1 Å². The minimum Gasteiger partial charge on any atom is -0.454 e. The van der Waals surface area contributed by atoms with E-state index in [9.17, 15) is 9.59 Å². The number of carbonyl (C=O) groups excluding carboxylic acids is 2. The van der Waals surface area contributed by atoms with E-state index in [1.165, 1.54) is 18.2 Å². The van der Waals surface area contributed by atoms with Crippen molar-refractivity contribution < 1.29 is 19.1 Å². The smallest absolute Gasteiger partial charge is 0.269 e. The number of rotatable bonds is 3. The highest BCUT2D eigenvalue weighted by Crippen LogP contribution is 2.32. The summed E-state index contributed by atoms with van der Waals surface area (Å²) >= 11 is 6.10. The van der Waals surface area contributed by atoms with Crippen molar-refractivity contribution in [3.8, 4) is 11.5 Å². The van der Waals surface area contributed by atoms with Crippen molar-refractivity contribution in [2.24, 2.45) is 0 Å². The van der Waals surface area contributed by atoms with Crippen molar-refractivity contribution >= 4 is 35.1 Å². The first-order valence-electron chi connectivity index (χ1n) is 7.92. The van der Waals surface area contributed by atoms with Crippen molar-refractivity contribution in [1.82, 2.24) is 20.2 Å². The van der Waals surface area contributed by atoms with E-state index >= 15 is 0 Å². The van der Waals surface area contributed by atoms with Crippen molar-refractivity contribution in [1.29, 1.82) is 0 Å². The molecule has 2 aromatic heterocycles. The van der Waals surface area contributed by atoms with E-state index in [-0.39, 0.29) is 11.9 Å². The van der Waals surface area contributed by atoms with E-state index in [0.717, 1.165) is 0 Å². The predicted molar refractivity (Wildman–Crippen MR) is 97.4 cm³/mol. The number of halogens is 1. The number of nitrogens with one attached hydrogen (secondary N) is 2. The van der Waals surface area contributed by atoms with Gasteiger partial charge in [-0.25, -0.2) is 4.98 Å². The topological polar surface area (TPSA) is 94.0 Å². The molecule has 0 saturated carbocycles. The van der Waals surface area contributed by atoms with Crippen molar-refractivity contribution in [3.05, 3.63) is 65.1 Å².